The van der Waals surface area contributed by atoms with Crippen LogP contribution in [0.5, 0.6) is 5.75 Å². The predicted molar refractivity (Wildman–Crippen MR) is 106 cm³/mol. The molecule has 3 rings (SSSR count). The van der Waals surface area contributed by atoms with E-state index >= 15 is 0 Å². The number of halogens is 1. The number of anilines is 2. The summed E-state index contributed by atoms with van der Waals surface area (Å²) in [6.07, 6.45) is 0.861. The molecule has 0 saturated heterocycles. The van der Waals surface area contributed by atoms with Crippen LogP contribution in [0.25, 0.3) is 0 Å². The van der Waals surface area contributed by atoms with E-state index in [0.29, 0.717) is 12.5 Å². The normalized spacial score (nSPS) is 10.5. The average molecular weight is 366 g/mol. The van der Waals surface area contributed by atoms with Gasteiger partial charge in [0, 0.05) is 24.8 Å². The largest absolute Gasteiger partial charge is 0.497 e. The summed E-state index contributed by atoms with van der Waals surface area (Å²) < 4.78 is 18.1. The minimum absolute atomic E-state index is 0.236. The molecular formula is C21H23FN4O. The highest BCUT2D eigenvalue weighted by molar-refractivity contribution is 5.43. The summed E-state index contributed by atoms with van der Waals surface area (Å²) in [4.78, 5) is 8.92. The first kappa shape index (κ1) is 18.6. The molecule has 0 radical (unpaired) electrons. The second-order valence-corrected chi connectivity index (χ2v) is 6.22. The highest BCUT2D eigenvalue weighted by Gasteiger charge is 2.03. The fourth-order valence-corrected chi connectivity index (χ4v) is 2.64. The summed E-state index contributed by atoms with van der Waals surface area (Å²) >= 11 is 0. The monoisotopic (exact) mass is 366 g/mol. The summed E-state index contributed by atoms with van der Waals surface area (Å²) in [6.45, 7) is 3.23. The van der Waals surface area contributed by atoms with Crippen molar-refractivity contribution in [1.82, 2.24) is 9.97 Å². The minimum Gasteiger partial charge on any atom is -0.497 e. The summed E-state index contributed by atoms with van der Waals surface area (Å²) in [5, 5.41) is 6.52. The van der Waals surface area contributed by atoms with Crippen LogP contribution in [0.15, 0.2) is 54.6 Å². The zero-order chi connectivity index (χ0) is 19.1. The van der Waals surface area contributed by atoms with Gasteiger partial charge in [-0.25, -0.2) is 9.37 Å². The zero-order valence-electron chi connectivity index (χ0n) is 15.5. The molecule has 0 aliphatic carbocycles. The Morgan fingerprint density at radius 1 is 0.926 bits per heavy atom. The third kappa shape index (κ3) is 5.67. The van der Waals surface area contributed by atoms with Crippen molar-refractivity contribution in [2.75, 3.05) is 24.3 Å². The maximum absolute atomic E-state index is 13.0. The van der Waals surface area contributed by atoms with Gasteiger partial charge in [-0.15, -0.1) is 0 Å². The molecule has 0 spiro atoms. The highest BCUT2D eigenvalue weighted by atomic mass is 19.1. The molecule has 0 atom stereocenters. The van der Waals surface area contributed by atoms with Crippen molar-refractivity contribution < 1.29 is 9.13 Å². The van der Waals surface area contributed by atoms with E-state index in [-0.39, 0.29) is 5.82 Å². The SMILES string of the molecule is COc1ccc(CCNc2nc(C)cc(NCc3ccc(F)cc3)n2)cc1. The van der Waals surface area contributed by atoms with Crippen molar-refractivity contribution in [2.45, 2.75) is 19.9 Å². The second kappa shape index (κ2) is 8.98. The summed E-state index contributed by atoms with van der Waals surface area (Å²) in [5.74, 6) is 1.94. The molecule has 0 aliphatic heterocycles. The first-order chi connectivity index (χ1) is 13.1. The molecule has 27 heavy (non-hydrogen) atoms. The summed E-state index contributed by atoms with van der Waals surface area (Å²) in [7, 11) is 1.66. The van der Waals surface area contributed by atoms with Gasteiger partial charge in [0.1, 0.15) is 17.4 Å². The van der Waals surface area contributed by atoms with E-state index in [1.165, 1.54) is 17.7 Å². The number of rotatable bonds is 8. The van der Waals surface area contributed by atoms with Crippen LogP contribution in [-0.2, 0) is 13.0 Å². The van der Waals surface area contributed by atoms with Crippen LogP contribution in [0.1, 0.15) is 16.8 Å². The average Bonchev–Trinajstić information content (AvgIpc) is 2.68. The number of benzene rings is 2. The van der Waals surface area contributed by atoms with Gasteiger partial charge in [0.25, 0.3) is 0 Å². The number of nitrogens with one attached hydrogen (secondary N) is 2. The van der Waals surface area contributed by atoms with Gasteiger partial charge in [-0.1, -0.05) is 24.3 Å². The van der Waals surface area contributed by atoms with Gasteiger partial charge in [0.2, 0.25) is 5.95 Å². The van der Waals surface area contributed by atoms with Crippen molar-refractivity contribution in [2.24, 2.45) is 0 Å². The molecule has 1 aromatic heterocycles. The molecule has 0 unspecified atom stereocenters. The summed E-state index contributed by atoms with van der Waals surface area (Å²) in [5.41, 5.74) is 3.07. The molecular weight excluding hydrogens is 343 g/mol. The Bertz CT molecular complexity index is 866. The van der Waals surface area contributed by atoms with Crippen LogP contribution in [0.2, 0.25) is 0 Å². The first-order valence-corrected chi connectivity index (χ1v) is 8.83. The van der Waals surface area contributed by atoms with E-state index in [1.54, 1.807) is 19.2 Å². The van der Waals surface area contributed by atoms with Crippen molar-refractivity contribution in [3.63, 3.8) is 0 Å². The van der Waals surface area contributed by atoms with Gasteiger partial charge in [-0.3, -0.25) is 0 Å². The van der Waals surface area contributed by atoms with E-state index in [4.69, 9.17) is 4.74 Å². The number of methoxy groups -OCH3 is 1. The molecule has 0 saturated carbocycles. The van der Waals surface area contributed by atoms with Gasteiger partial charge in [-0.05, 0) is 48.7 Å². The minimum atomic E-state index is -0.236. The van der Waals surface area contributed by atoms with Crippen molar-refractivity contribution in [1.29, 1.82) is 0 Å². The van der Waals surface area contributed by atoms with Crippen LogP contribution in [0.4, 0.5) is 16.2 Å². The molecule has 6 heteroatoms. The highest BCUT2D eigenvalue weighted by Crippen LogP contribution is 2.14. The number of hydrogen-bond donors (Lipinski definition) is 2. The van der Waals surface area contributed by atoms with Gasteiger partial charge >= 0.3 is 0 Å². The van der Waals surface area contributed by atoms with Crippen molar-refractivity contribution in [3.8, 4) is 5.75 Å². The van der Waals surface area contributed by atoms with Crippen LogP contribution in [-0.4, -0.2) is 23.6 Å². The van der Waals surface area contributed by atoms with Crippen LogP contribution < -0.4 is 15.4 Å². The molecule has 5 nitrogen and oxygen atoms in total. The van der Waals surface area contributed by atoms with E-state index in [1.807, 2.05) is 37.3 Å². The van der Waals surface area contributed by atoms with Gasteiger partial charge in [0.05, 0.1) is 7.11 Å². The van der Waals surface area contributed by atoms with Gasteiger partial charge in [0.15, 0.2) is 0 Å². The third-order valence-corrected chi connectivity index (χ3v) is 4.10. The van der Waals surface area contributed by atoms with Gasteiger partial charge < -0.3 is 15.4 Å². The maximum atomic E-state index is 13.0. The zero-order valence-corrected chi connectivity index (χ0v) is 15.5. The lowest BCUT2D eigenvalue weighted by atomic mass is 10.1. The van der Waals surface area contributed by atoms with Crippen molar-refractivity contribution in [3.05, 3.63) is 77.2 Å². The first-order valence-electron chi connectivity index (χ1n) is 8.83. The second-order valence-electron chi connectivity index (χ2n) is 6.22. The number of ether oxygens (including phenoxy) is 1. The van der Waals surface area contributed by atoms with Crippen LogP contribution in [0.3, 0.4) is 0 Å². The van der Waals surface area contributed by atoms with E-state index in [0.717, 1.165) is 35.8 Å². The third-order valence-electron chi connectivity index (χ3n) is 4.10. The van der Waals surface area contributed by atoms with Crippen LogP contribution in [0, 0.1) is 12.7 Å². The van der Waals surface area contributed by atoms with Crippen molar-refractivity contribution >= 4 is 11.8 Å². The molecule has 3 aromatic rings. The number of hydrogen-bond acceptors (Lipinski definition) is 5. The Balaban J connectivity index is 1.55. The molecule has 0 aliphatic rings. The Morgan fingerprint density at radius 3 is 2.33 bits per heavy atom. The molecule has 0 amide bonds. The Labute approximate surface area is 158 Å². The molecule has 0 bridgehead atoms. The number of nitrogens with zero attached hydrogens (tertiary/aromatic N) is 2. The standard InChI is InChI=1S/C21H23FN4O/c1-15-13-20(24-14-17-3-7-18(22)8-4-17)26-21(25-15)23-12-11-16-5-9-19(27-2)10-6-16/h3-10,13H,11-12,14H2,1-2H3,(H2,23,24,25,26). The fraction of sp³-hybridized carbons (Fsp3) is 0.238. The molecule has 2 aromatic carbocycles. The number of aryl methyl sites for hydroxylation is 1. The quantitative estimate of drug-likeness (QED) is 0.626. The molecule has 140 valence electrons. The Hall–Kier alpha value is -3.15. The summed E-state index contributed by atoms with van der Waals surface area (Å²) in [6, 6.07) is 16.3. The van der Waals surface area contributed by atoms with E-state index in [9.17, 15) is 4.39 Å². The lowest BCUT2D eigenvalue weighted by Crippen LogP contribution is -2.10. The van der Waals surface area contributed by atoms with E-state index in [2.05, 4.69) is 20.6 Å². The van der Waals surface area contributed by atoms with Crippen LogP contribution >= 0.6 is 0 Å². The lowest BCUT2D eigenvalue weighted by Gasteiger charge is -2.10. The molecule has 0 fully saturated rings. The lowest BCUT2D eigenvalue weighted by molar-refractivity contribution is 0.414. The Morgan fingerprint density at radius 2 is 1.63 bits per heavy atom. The molecule has 2 N–H and O–H groups in total. The maximum Gasteiger partial charge on any atom is 0.224 e. The smallest absolute Gasteiger partial charge is 0.224 e. The fourth-order valence-electron chi connectivity index (χ4n) is 2.64. The van der Waals surface area contributed by atoms with E-state index < -0.39 is 0 Å². The Kier molecular flexibility index (Phi) is 6.20. The predicted octanol–water partition coefficient (Wildman–Crippen LogP) is 4.20. The number of aromatic nitrogens is 2. The molecule has 1 heterocycles. The van der Waals surface area contributed by atoms with Gasteiger partial charge in [-0.2, -0.15) is 4.98 Å². The topological polar surface area (TPSA) is 59.1 Å².